The van der Waals surface area contributed by atoms with Crippen LogP contribution in [0.4, 0.5) is 0 Å². The van der Waals surface area contributed by atoms with Gasteiger partial charge < -0.3 is 14.4 Å². The molecular formula is C21H32N2O3. The fraction of sp³-hybridized carbons (Fsp3) is 0.667. The Labute approximate surface area is 157 Å². The molecule has 5 heteroatoms. The number of likely N-dealkylation sites (tertiary alicyclic amines) is 1. The van der Waals surface area contributed by atoms with E-state index in [9.17, 15) is 4.79 Å². The molecule has 0 aromatic heterocycles. The van der Waals surface area contributed by atoms with Crippen LogP contribution in [-0.2, 0) is 16.1 Å². The van der Waals surface area contributed by atoms with Gasteiger partial charge >= 0.3 is 0 Å². The van der Waals surface area contributed by atoms with Gasteiger partial charge in [-0.05, 0) is 51.6 Å². The first kappa shape index (κ1) is 19.2. The number of ether oxygens (including phenoxy) is 2. The number of para-hydroxylation sites is 1. The van der Waals surface area contributed by atoms with Crippen LogP contribution in [0.5, 0.6) is 5.75 Å². The highest BCUT2D eigenvalue weighted by molar-refractivity contribution is 5.77. The lowest BCUT2D eigenvalue weighted by molar-refractivity contribution is -0.134. The Kier molecular flexibility index (Phi) is 7.32. The fourth-order valence-electron chi connectivity index (χ4n) is 3.80. The summed E-state index contributed by atoms with van der Waals surface area (Å²) >= 11 is 0. The van der Waals surface area contributed by atoms with Crippen LogP contribution in [-0.4, -0.2) is 61.7 Å². The van der Waals surface area contributed by atoms with Gasteiger partial charge in [-0.2, -0.15) is 0 Å². The van der Waals surface area contributed by atoms with Crippen molar-refractivity contribution in [1.29, 1.82) is 0 Å². The van der Waals surface area contributed by atoms with E-state index in [2.05, 4.69) is 18.0 Å². The maximum Gasteiger partial charge on any atom is 0.260 e. The number of amides is 1. The van der Waals surface area contributed by atoms with Gasteiger partial charge in [-0.15, -0.1) is 0 Å². The molecule has 1 atom stereocenters. The van der Waals surface area contributed by atoms with Crippen molar-refractivity contribution in [3.05, 3.63) is 29.8 Å². The topological polar surface area (TPSA) is 42.0 Å². The second-order valence-corrected chi connectivity index (χ2v) is 7.52. The van der Waals surface area contributed by atoms with E-state index in [0.717, 1.165) is 63.4 Å². The van der Waals surface area contributed by atoms with Crippen LogP contribution in [0.25, 0.3) is 0 Å². The lowest BCUT2D eigenvalue weighted by atomic mass is 10.1. The second-order valence-electron chi connectivity index (χ2n) is 7.52. The molecular weight excluding hydrogens is 328 g/mol. The molecule has 26 heavy (non-hydrogen) atoms. The third-order valence-electron chi connectivity index (χ3n) is 5.26. The summed E-state index contributed by atoms with van der Waals surface area (Å²) in [6.07, 6.45) is 7.37. The van der Waals surface area contributed by atoms with E-state index in [4.69, 9.17) is 9.47 Å². The molecule has 5 nitrogen and oxygen atoms in total. The zero-order valence-corrected chi connectivity index (χ0v) is 16.0. The number of piperidine rings is 1. The van der Waals surface area contributed by atoms with Gasteiger partial charge in [-0.1, -0.05) is 18.2 Å². The predicted molar refractivity (Wildman–Crippen MR) is 102 cm³/mol. The molecule has 0 bridgehead atoms. The van der Waals surface area contributed by atoms with Crippen molar-refractivity contribution in [2.45, 2.75) is 51.2 Å². The molecule has 1 aromatic rings. The van der Waals surface area contributed by atoms with Crippen LogP contribution in [0.15, 0.2) is 24.3 Å². The van der Waals surface area contributed by atoms with Gasteiger partial charge in [0.05, 0.1) is 6.10 Å². The van der Waals surface area contributed by atoms with Crippen molar-refractivity contribution < 1.29 is 14.3 Å². The maximum atomic E-state index is 12.3. The Balaban J connectivity index is 1.51. The number of benzene rings is 1. The lowest BCUT2D eigenvalue weighted by Crippen LogP contribution is -2.38. The van der Waals surface area contributed by atoms with Crippen molar-refractivity contribution in [2.75, 3.05) is 39.9 Å². The summed E-state index contributed by atoms with van der Waals surface area (Å²) in [4.78, 5) is 16.6. The number of likely N-dealkylation sites (N-methyl/N-ethyl adjacent to an activating group) is 1. The molecule has 0 spiro atoms. The van der Waals surface area contributed by atoms with E-state index in [1.165, 1.54) is 19.3 Å². The lowest BCUT2D eigenvalue weighted by Gasteiger charge is -2.28. The number of rotatable bonds is 7. The first-order valence-electron chi connectivity index (χ1n) is 10.0. The predicted octanol–water partition coefficient (Wildman–Crippen LogP) is 3.08. The first-order valence-corrected chi connectivity index (χ1v) is 10.0. The molecule has 2 heterocycles. The monoisotopic (exact) mass is 360 g/mol. The summed E-state index contributed by atoms with van der Waals surface area (Å²) in [6, 6.07) is 8.04. The summed E-state index contributed by atoms with van der Waals surface area (Å²) < 4.78 is 11.7. The highest BCUT2D eigenvalue weighted by atomic mass is 16.5. The van der Waals surface area contributed by atoms with E-state index < -0.39 is 0 Å². The average molecular weight is 360 g/mol. The maximum absolute atomic E-state index is 12.3. The first-order chi connectivity index (χ1) is 12.7. The molecule has 1 amide bonds. The van der Waals surface area contributed by atoms with Gasteiger partial charge in [-0.3, -0.25) is 9.69 Å². The van der Waals surface area contributed by atoms with E-state index in [1.807, 2.05) is 23.1 Å². The molecule has 2 aliphatic heterocycles. The van der Waals surface area contributed by atoms with Gasteiger partial charge in [0.25, 0.3) is 5.91 Å². The van der Waals surface area contributed by atoms with Crippen molar-refractivity contribution in [3.63, 3.8) is 0 Å². The Hall–Kier alpha value is -1.59. The van der Waals surface area contributed by atoms with Crippen LogP contribution in [0.2, 0.25) is 0 Å². The zero-order chi connectivity index (χ0) is 18.2. The normalized spacial score (nSPS) is 21.0. The summed E-state index contributed by atoms with van der Waals surface area (Å²) in [7, 11) is 2.12. The van der Waals surface area contributed by atoms with Crippen molar-refractivity contribution >= 4 is 5.91 Å². The number of nitrogens with zero attached hydrogens (tertiary/aromatic N) is 2. The molecule has 0 saturated carbocycles. The minimum Gasteiger partial charge on any atom is -0.483 e. The second kappa shape index (κ2) is 9.93. The van der Waals surface area contributed by atoms with Crippen LogP contribution >= 0.6 is 0 Å². The molecule has 0 N–H and O–H groups in total. The van der Waals surface area contributed by atoms with Crippen molar-refractivity contribution in [1.82, 2.24) is 9.80 Å². The molecule has 3 rings (SSSR count). The van der Waals surface area contributed by atoms with E-state index in [1.54, 1.807) is 0 Å². The Morgan fingerprint density at radius 1 is 1.19 bits per heavy atom. The molecule has 0 aliphatic carbocycles. The van der Waals surface area contributed by atoms with Gasteiger partial charge in [0.15, 0.2) is 6.61 Å². The Bertz CT molecular complexity index is 566. The highest BCUT2D eigenvalue weighted by Gasteiger charge is 2.19. The molecule has 2 fully saturated rings. The van der Waals surface area contributed by atoms with Crippen LogP contribution in [0.3, 0.4) is 0 Å². The van der Waals surface area contributed by atoms with Crippen molar-refractivity contribution in [3.8, 4) is 5.75 Å². The summed E-state index contributed by atoms with van der Waals surface area (Å²) in [5.41, 5.74) is 1.12. The smallest absolute Gasteiger partial charge is 0.260 e. The SMILES string of the molecule is CN(Cc1ccccc1OCC(=O)N1CCCCC1)C[C@H]1CCCCO1. The highest BCUT2D eigenvalue weighted by Crippen LogP contribution is 2.21. The molecule has 0 unspecified atom stereocenters. The number of hydrogen-bond acceptors (Lipinski definition) is 4. The molecule has 1 aromatic carbocycles. The Morgan fingerprint density at radius 2 is 2.00 bits per heavy atom. The zero-order valence-electron chi connectivity index (χ0n) is 16.0. The summed E-state index contributed by atoms with van der Waals surface area (Å²) in [5.74, 6) is 0.915. The minimum atomic E-state index is 0.100. The standard InChI is InChI=1S/C21H32N2O3/c1-22(16-19-10-5-8-14-25-19)15-18-9-3-4-11-20(18)26-17-21(24)23-12-6-2-7-13-23/h3-4,9,11,19H,2,5-8,10,12-17H2,1H3/t19-/m1/s1. The molecule has 2 saturated heterocycles. The molecule has 144 valence electrons. The van der Waals surface area contributed by atoms with Crippen LogP contribution < -0.4 is 4.74 Å². The van der Waals surface area contributed by atoms with Crippen LogP contribution in [0.1, 0.15) is 44.1 Å². The third kappa shape index (κ3) is 5.71. The van der Waals surface area contributed by atoms with E-state index in [-0.39, 0.29) is 12.5 Å². The van der Waals surface area contributed by atoms with Gasteiger partial charge in [-0.25, -0.2) is 0 Å². The largest absolute Gasteiger partial charge is 0.483 e. The molecule has 2 aliphatic rings. The van der Waals surface area contributed by atoms with Crippen molar-refractivity contribution in [2.24, 2.45) is 0 Å². The van der Waals surface area contributed by atoms with Crippen LogP contribution in [0, 0.1) is 0 Å². The van der Waals surface area contributed by atoms with Gasteiger partial charge in [0.1, 0.15) is 5.75 Å². The Morgan fingerprint density at radius 3 is 2.77 bits per heavy atom. The number of carbonyl (C=O) groups excluding carboxylic acids is 1. The summed E-state index contributed by atoms with van der Waals surface area (Å²) in [6.45, 7) is 4.49. The van der Waals surface area contributed by atoms with Gasteiger partial charge in [0.2, 0.25) is 0 Å². The van der Waals surface area contributed by atoms with E-state index >= 15 is 0 Å². The quantitative estimate of drug-likeness (QED) is 0.749. The molecule has 0 radical (unpaired) electrons. The summed E-state index contributed by atoms with van der Waals surface area (Å²) in [5, 5.41) is 0. The fourth-order valence-corrected chi connectivity index (χ4v) is 3.80. The van der Waals surface area contributed by atoms with E-state index in [0.29, 0.717) is 6.10 Å². The third-order valence-corrected chi connectivity index (χ3v) is 5.26. The number of hydrogen-bond donors (Lipinski definition) is 0. The number of carbonyl (C=O) groups is 1. The van der Waals surface area contributed by atoms with Gasteiger partial charge in [0, 0.05) is 38.3 Å². The minimum absolute atomic E-state index is 0.100. The average Bonchev–Trinajstić information content (AvgIpc) is 2.68.